The van der Waals surface area contributed by atoms with E-state index >= 15 is 0 Å². The zero-order valence-electron chi connectivity index (χ0n) is 30.2. The van der Waals surface area contributed by atoms with Gasteiger partial charge in [0.2, 0.25) is 0 Å². The van der Waals surface area contributed by atoms with E-state index in [1.54, 1.807) is 32.0 Å². The van der Waals surface area contributed by atoms with E-state index in [4.69, 9.17) is 18.6 Å². The molecule has 1 saturated carbocycles. The first-order chi connectivity index (χ1) is 23.1. The number of methoxy groups -OCH3 is 1. The van der Waals surface area contributed by atoms with Gasteiger partial charge in [-0.25, -0.2) is 4.79 Å². The number of carbonyl (C=O) groups excluding carboxylic acids is 3. The zero-order chi connectivity index (χ0) is 35.7. The summed E-state index contributed by atoms with van der Waals surface area (Å²) in [5, 5.41) is 3.30. The summed E-state index contributed by atoms with van der Waals surface area (Å²) in [6.07, 6.45) is 7.12. The first-order valence-electron chi connectivity index (χ1n) is 17.6. The van der Waals surface area contributed by atoms with Crippen LogP contribution in [0.3, 0.4) is 0 Å². The van der Waals surface area contributed by atoms with E-state index < -0.39 is 28.5 Å². The molecule has 1 fully saturated rings. The number of ketones is 1. The van der Waals surface area contributed by atoms with Crippen molar-refractivity contribution < 1.29 is 33.0 Å². The molecule has 1 aliphatic heterocycles. The van der Waals surface area contributed by atoms with Crippen LogP contribution in [0.25, 0.3) is 11.0 Å². The summed E-state index contributed by atoms with van der Waals surface area (Å²) in [5.74, 6) is 0.535. The first kappa shape index (κ1) is 36.1. The maximum atomic E-state index is 14.0. The van der Waals surface area contributed by atoms with Gasteiger partial charge in [-0.05, 0) is 81.8 Å². The quantitative estimate of drug-likeness (QED) is 0.0888. The minimum atomic E-state index is -1.17. The van der Waals surface area contributed by atoms with E-state index in [-0.39, 0.29) is 35.1 Å². The summed E-state index contributed by atoms with van der Waals surface area (Å²) >= 11 is 0. The van der Waals surface area contributed by atoms with Crippen molar-refractivity contribution >= 4 is 28.6 Å². The van der Waals surface area contributed by atoms with Gasteiger partial charge < -0.3 is 23.9 Å². The molecule has 264 valence electrons. The van der Waals surface area contributed by atoms with Crippen molar-refractivity contribution in [3.63, 3.8) is 0 Å². The van der Waals surface area contributed by atoms with Crippen LogP contribution < -0.4 is 25.2 Å². The Bertz CT molecular complexity index is 1800. The molecule has 2 unspecified atom stereocenters. The summed E-state index contributed by atoms with van der Waals surface area (Å²) in [4.78, 5) is 52.6. The molecular formula is C40H51NO8. The fourth-order valence-corrected chi connectivity index (χ4v) is 7.25. The number of nitrogens with one attached hydrogen (secondary N) is 1. The SMILES string of the molecule is CCCCCCC(C)(C)c1cc(OC(=O)C(C)(C)CNC(=O)c2cc3ccc(OC)cc3oc2=O)c2c(c1)OC(C)(C)C1CCC(=O)CC21. The standard InChI is InChI=1S/C40H51NO8/c1-9-10-11-12-17-38(2,3)25-19-32(34-28-21-26(42)14-16-30(28)40(6,7)49-33(34)20-25)48-37(45)39(4,5)23-41-35(43)29-18-24-13-15-27(46-8)22-31(24)47-36(29)44/h13,15,18-20,22,28,30H,9-12,14,16-17,21,23H2,1-8H3,(H,41,43). The van der Waals surface area contributed by atoms with Gasteiger partial charge in [-0.3, -0.25) is 14.4 Å². The second kappa shape index (κ2) is 14.0. The summed E-state index contributed by atoms with van der Waals surface area (Å²) < 4.78 is 23.5. The molecule has 0 bridgehead atoms. The van der Waals surface area contributed by atoms with Crippen molar-refractivity contribution in [3.8, 4) is 17.2 Å². The lowest BCUT2D eigenvalue weighted by Crippen LogP contribution is -2.47. The predicted molar refractivity (Wildman–Crippen MR) is 189 cm³/mol. The molecule has 2 aromatic carbocycles. The Morgan fingerprint density at radius 1 is 1.02 bits per heavy atom. The van der Waals surface area contributed by atoms with Crippen LogP contribution in [-0.4, -0.2) is 36.9 Å². The molecule has 49 heavy (non-hydrogen) atoms. The summed E-state index contributed by atoms with van der Waals surface area (Å²) in [6, 6.07) is 10.5. The van der Waals surface area contributed by atoms with Crippen molar-refractivity contribution in [2.45, 2.75) is 117 Å². The highest BCUT2D eigenvalue weighted by Gasteiger charge is 2.48. The molecule has 9 nitrogen and oxygen atoms in total. The number of ether oxygens (including phenoxy) is 3. The smallest absolute Gasteiger partial charge is 0.349 e. The Labute approximate surface area is 289 Å². The van der Waals surface area contributed by atoms with E-state index in [1.807, 2.05) is 6.07 Å². The topological polar surface area (TPSA) is 121 Å². The maximum Gasteiger partial charge on any atom is 0.349 e. The van der Waals surface area contributed by atoms with E-state index in [0.29, 0.717) is 47.5 Å². The van der Waals surface area contributed by atoms with Crippen LogP contribution in [0.4, 0.5) is 0 Å². The maximum absolute atomic E-state index is 14.0. The summed E-state index contributed by atoms with van der Waals surface area (Å²) in [5.41, 5.74) is -0.767. The van der Waals surface area contributed by atoms with Crippen molar-refractivity contribution in [1.29, 1.82) is 0 Å². The van der Waals surface area contributed by atoms with Gasteiger partial charge in [-0.2, -0.15) is 0 Å². The third-order valence-corrected chi connectivity index (χ3v) is 10.5. The minimum Gasteiger partial charge on any atom is -0.497 e. The number of hydrogen-bond acceptors (Lipinski definition) is 8. The number of fused-ring (bicyclic) bond motifs is 4. The molecule has 0 spiro atoms. The normalized spacial score (nSPS) is 18.7. The molecule has 1 aromatic heterocycles. The number of carbonyl (C=O) groups is 3. The fourth-order valence-electron chi connectivity index (χ4n) is 7.25. The number of esters is 1. The average Bonchev–Trinajstić information content (AvgIpc) is 3.04. The highest BCUT2D eigenvalue weighted by atomic mass is 16.5. The molecule has 2 atom stereocenters. The molecule has 0 saturated heterocycles. The van der Waals surface area contributed by atoms with Gasteiger partial charge in [0, 0.05) is 48.2 Å². The minimum absolute atomic E-state index is 0.0881. The highest BCUT2D eigenvalue weighted by Crippen LogP contribution is 2.55. The van der Waals surface area contributed by atoms with Gasteiger partial charge in [0.15, 0.2) is 0 Å². The van der Waals surface area contributed by atoms with Gasteiger partial charge in [0.25, 0.3) is 5.91 Å². The largest absolute Gasteiger partial charge is 0.497 e. The number of hydrogen-bond donors (Lipinski definition) is 1. The van der Waals surface area contributed by atoms with E-state index in [9.17, 15) is 19.2 Å². The van der Waals surface area contributed by atoms with Gasteiger partial charge in [-0.15, -0.1) is 0 Å². The van der Waals surface area contributed by atoms with Crippen molar-refractivity contribution in [1.82, 2.24) is 5.32 Å². The van der Waals surface area contributed by atoms with Crippen LogP contribution in [0.2, 0.25) is 0 Å². The average molecular weight is 674 g/mol. The van der Waals surface area contributed by atoms with Gasteiger partial charge in [0.05, 0.1) is 12.5 Å². The van der Waals surface area contributed by atoms with Crippen LogP contribution >= 0.6 is 0 Å². The van der Waals surface area contributed by atoms with E-state index in [0.717, 1.165) is 36.8 Å². The lowest BCUT2D eigenvalue weighted by molar-refractivity contribution is -0.143. The zero-order valence-corrected chi connectivity index (χ0v) is 30.2. The summed E-state index contributed by atoms with van der Waals surface area (Å²) in [6.45, 7) is 14.0. The third-order valence-electron chi connectivity index (χ3n) is 10.5. The van der Waals surface area contributed by atoms with E-state index in [1.165, 1.54) is 19.6 Å². The Kier molecular flexibility index (Phi) is 10.3. The highest BCUT2D eigenvalue weighted by molar-refractivity contribution is 5.97. The van der Waals surface area contributed by atoms with Crippen molar-refractivity contribution in [3.05, 3.63) is 63.5 Å². The Balaban J connectivity index is 1.42. The van der Waals surface area contributed by atoms with Gasteiger partial charge >= 0.3 is 11.6 Å². The van der Waals surface area contributed by atoms with Crippen LogP contribution in [0.15, 0.2) is 45.6 Å². The monoisotopic (exact) mass is 673 g/mol. The molecule has 2 heterocycles. The lowest BCUT2D eigenvalue weighted by Gasteiger charge is -2.47. The molecule has 2 aliphatic rings. The van der Waals surface area contributed by atoms with Crippen LogP contribution in [0.1, 0.15) is 127 Å². The van der Waals surface area contributed by atoms with Crippen LogP contribution in [0, 0.1) is 11.3 Å². The Morgan fingerprint density at radius 3 is 2.49 bits per heavy atom. The number of amides is 1. The second-order valence-electron chi connectivity index (χ2n) is 15.6. The van der Waals surface area contributed by atoms with Crippen LogP contribution in [0.5, 0.6) is 17.2 Å². The Hall–Kier alpha value is -4.14. The molecule has 1 amide bonds. The van der Waals surface area contributed by atoms with Crippen molar-refractivity contribution in [2.24, 2.45) is 11.3 Å². The Morgan fingerprint density at radius 2 is 1.78 bits per heavy atom. The number of rotatable bonds is 12. The predicted octanol–water partition coefficient (Wildman–Crippen LogP) is 8.04. The number of Topliss-reactive ketones (excluding diaryl/α,β-unsaturated/α-hetero) is 1. The molecule has 9 heteroatoms. The number of unbranched alkanes of at least 4 members (excludes halogenated alkanes) is 3. The second-order valence-corrected chi connectivity index (χ2v) is 15.6. The first-order valence-corrected chi connectivity index (χ1v) is 17.6. The molecule has 1 aliphatic carbocycles. The van der Waals surface area contributed by atoms with Crippen molar-refractivity contribution in [2.75, 3.05) is 13.7 Å². The molecule has 0 radical (unpaired) electrons. The van der Waals surface area contributed by atoms with Gasteiger partial charge in [-0.1, -0.05) is 46.5 Å². The van der Waals surface area contributed by atoms with Gasteiger partial charge in [0.1, 0.15) is 39.8 Å². The lowest BCUT2D eigenvalue weighted by atomic mass is 9.66. The molecular weight excluding hydrogens is 622 g/mol. The fraction of sp³-hybridized carbons (Fsp3) is 0.550. The molecule has 1 N–H and O–H groups in total. The molecule has 5 rings (SSSR count). The van der Waals surface area contributed by atoms with E-state index in [2.05, 4.69) is 46.0 Å². The molecule has 3 aromatic rings. The number of benzene rings is 2. The van der Waals surface area contributed by atoms with Crippen LogP contribution in [-0.2, 0) is 15.0 Å². The summed E-state index contributed by atoms with van der Waals surface area (Å²) in [7, 11) is 1.51. The third kappa shape index (κ3) is 7.71.